The quantitative estimate of drug-likeness (QED) is 0.868. The molecule has 25 heavy (non-hydrogen) atoms. The number of amides is 3. The standard InChI is InChI=1S/C18H20N4O3/c1-25-16-6-4-15(5-7-16)22-10-9-21(18(22)24)13-17(23)20-12-14-3-2-8-19-11-14/h2-8,11H,9-10,12-13H2,1H3,(H,20,23). The second kappa shape index (κ2) is 7.65. The molecule has 0 saturated carbocycles. The van der Waals surface area contributed by atoms with Crippen LogP contribution in [0, 0.1) is 0 Å². The molecule has 1 aromatic carbocycles. The van der Waals surface area contributed by atoms with Gasteiger partial charge in [0.05, 0.1) is 7.11 Å². The number of carbonyl (C=O) groups excluding carboxylic acids is 2. The lowest BCUT2D eigenvalue weighted by atomic mass is 10.3. The summed E-state index contributed by atoms with van der Waals surface area (Å²) in [4.78, 5) is 31.8. The number of aromatic nitrogens is 1. The molecule has 1 fully saturated rings. The summed E-state index contributed by atoms with van der Waals surface area (Å²) in [6.45, 7) is 1.52. The minimum absolute atomic E-state index is 0.0474. The van der Waals surface area contributed by atoms with Crippen molar-refractivity contribution in [1.82, 2.24) is 15.2 Å². The third-order valence-electron chi connectivity index (χ3n) is 4.03. The summed E-state index contributed by atoms with van der Waals surface area (Å²) in [5.74, 6) is 0.552. The molecule has 0 atom stereocenters. The van der Waals surface area contributed by atoms with Gasteiger partial charge >= 0.3 is 6.03 Å². The number of rotatable bonds is 6. The number of nitrogens with zero attached hydrogens (tertiary/aromatic N) is 3. The molecule has 0 unspecified atom stereocenters. The van der Waals surface area contributed by atoms with E-state index in [2.05, 4.69) is 10.3 Å². The van der Waals surface area contributed by atoms with Crippen molar-refractivity contribution in [2.24, 2.45) is 0 Å². The van der Waals surface area contributed by atoms with Crippen LogP contribution in [0.4, 0.5) is 10.5 Å². The van der Waals surface area contributed by atoms with Crippen LogP contribution in [-0.4, -0.2) is 48.6 Å². The number of nitrogens with one attached hydrogen (secondary N) is 1. The first-order valence-electron chi connectivity index (χ1n) is 8.03. The maximum Gasteiger partial charge on any atom is 0.325 e. The highest BCUT2D eigenvalue weighted by Crippen LogP contribution is 2.23. The highest BCUT2D eigenvalue weighted by molar-refractivity contribution is 5.96. The smallest absolute Gasteiger partial charge is 0.325 e. The number of pyridine rings is 1. The third-order valence-corrected chi connectivity index (χ3v) is 4.03. The fraction of sp³-hybridized carbons (Fsp3) is 0.278. The Bertz CT molecular complexity index is 734. The van der Waals surface area contributed by atoms with Gasteiger partial charge in [-0.2, -0.15) is 0 Å². The van der Waals surface area contributed by atoms with Crippen molar-refractivity contribution in [1.29, 1.82) is 0 Å². The highest BCUT2D eigenvalue weighted by atomic mass is 16.5. The van der Waals surface area contributed by atoms with Gasteiger partial charge in [0.15, 0.2) is 0 Å². The zero-order valence-corrected chi connectivity index (χ0v) is 14.0. The number of hydrogen-bond donors (Lipinski definition) is 1. The molecule has 0 radical (unpaired) electrons. The van der Waals surface area contributed by atoms with Gasteiger partial charge in [-0.25, -0.2) is 4.79 Å². The van der Waals surface area contributed by atoms with Crippen molar-refractivity contribution in [3.63, 3.8) is 0 Å². The minimum Gasteiger partial charge on any atom is -0.497 e. The van der Waals surface area contributed by atoms with Crippen molar-refractivity contribution < 1.29 is 14.3 Å². The molecule has 130 valence electrons. The van der Waals surface area contributed by atoms with Gasteiger partial charge in [0.25, 0.3) is 0 Å². The van der Waals surface area contributed by atoms with Crippen molar-refractivity contribution >= 4 is 17.6 Å². The van der Waals surface area contributed by atoms with Crippen LogP contribution in [0.1, 0.15) is 5.56 Å². The lowest BCUT2D eigenvalue weighted by Crippen LogP contribution is -2.39. The zero-order chi connectivity index (χ0) is 17.6. The van der Waals surface area contributed by atoms with Crippen LogP contribution in [-0.2, 0) is 11.3 Å². The molecule has 3 amide bonds. The molecule has 1 N–H and O–H groups in total. The van der Waals surface area contributed by atoms with Crippen LogP contribution in [0.2, 0.25) is 0 Å². The molecule has 7 heteroatoms. The summed E-state index contributed by atoms with van der Waals surface area (Å²) in [5.41, 5.74) is 1.72. The maximum atomic E-state index is 12.5. The fourth-order valence-corrected chi connectivity index (χ4v) is 2.66. The lowest BCUT2D eigenvalue weighted by Gasteiger charge is -2.18. The van der Waals surface area contributed by atoms with E-state index in [1.807, 2.05) is 36.4 Å². The number of methoxy groups -OCH3 is 1. The average molecular weight is 340 g/mol. The maximum absolute atomic E-state index is 12.5. The van der Waals surface area contributed by atoms with Crippen molar-refractivity contribution in [3.8, 4) is 5.75 Å². The molecule has 1 aromatic heterocycles. The summed E-state index contributed by atoms with van der Waals surface area (Å²) < 4.78 is 5.12. The van der Waals surface area contributed by atoms with E-state index >= 15 is 0 Å². The molecule has 1 aliphatic heterocycles. The normalized spacial score (nSPS) is 13.9. The van der Waals surface area contributed by atoms with Gasteiger partial charge in [0.2, 0.25) is 5.91 Å². The Morgan fingerprint density at radius 2 is 2.04 bits per heavy atom. The summed E-state index contributed by atoms with van der Waals surface area (Å²) in [5, 5.41) is 2.81. The summed E-state index contributed by atoms with van der Waals surface area (Å²) in [6.07, 6.45) is 3.38. The number of benzene rings is 1. The van der Waals surface area contributed by atoms with Crippen LogP contribution in [0.15, 0.2) is 48.8 Å². The molecule has 1 saturated heterocycles. The second-order valence-corrected chi connectivity index (χ2v) is 5.69. The Hall–Kier alpha value is -3.09. The largest absolute Gasteiger partial charge is 0.497 e. The van der Waals surface area contributed by atoms with Crippen molar-refractivity contribution in [2.75, 3.05) is 31.6 Å². The van der Waals surface area contributed by atoms with Gasteiger partial charge in [0.1, 0.15) is 12.3 Å². The fourth-order valence-electron chi connectivity index (χ4n) is 2.66. The summed E-state index contributed by atoms with van der Waals surface area (Å²) in [6, 6.07) is 10.8. The number of urea groups is 1. The van der Waals surface area contributed by atoms with Gasteiger partial charge in [-0.15, -0.1) is 0 Å². The Balaban J connectivity index is 1.53. The topological polar surface area (TPSA) is 74.8 Å². The van der Waals surface area contributed by atoms with Crippen molar-refractivity contribution in [3.05, 3.63) is 54.4 Å². The molecule has 0 spiro atoms. The van der Waals surface area contributed by atoms with Crippen LogP contribution in [0.25, 0.3) is 0 Å². The number of ether oxygens (including phenoxy) is 1. The minimum atomic E-state index is -0.186. The van der Waals surface area contributed by atoms with Gasteiger partial charge in [-0.05, 0) is 35.9 Å². The highest BCUT2D eigenvalue weighted by Gasteiger charge is 2.30. The molecular formula is C18H20N4O3. The Kier molecular flexibility index (Phi) is 5.13. The third kappa shape index (κ3) is 4.06. The first-order chi connectivity index (χ1) is 12.2. The van der Waals surface area contributed by atoms with E-state index in [0.29, 0.717) is 19.6 Å². The first kappa shape index (κ1) is 16.8. The molecule has 0 bridgehead atoms. The van der Waals surface area contributed by atoms with E-state index in [1.54, 1.807) is 29.3 Å². The van der Waals surface area contributed by atoms with Gasteiger partial charge in [-0.1, -0.05) is 6.07 Å². The number of hydrogen-bond acceptors (Lipinski definition) is 4. The second-order valence-electron chi connectivity index (χ2n) is 5.69. The number of anilines is 1. The molecule has 1 aliphatic rings. The predicted molar refractivity (Wildman–Crippen MR) is 93.4 cm³/mol. The van der Waals surface area contributed by atoms with Crippen LogP contribution >= 0.6 is 0 Å². The molecule has 0 aliphatic carbocycles. The van der Waals surface area contributed by atoms with E-state index in [0.717, 1.165) is 17.0 Å². The SMILES string of the molecule is COc1ccc(N2CCN(CC(=O)NCc3cccnc3)C2=O)cc1. The van der Waals surface area contributed by atoms with E-state index in [9.17, 15) is 9.59 Å². The lowest BCUT2D eigenvalue weighted by molar-refractivity contribution is -0.121. The zero-order valence-electron chi connectivity index (χ0n) is 14.0. The Labute approximate surface area is 146 Å². The van der Waals surface area contributed by atoms with E-state index in [4.69, 9.17) is 4.74 Å². The Morgan fingerprint density at radius 1 is 1.24 bits per heavy atom. The van der Waals surface area contributed by atoms with Crippen molar-refractivity contribution in [2.45, 2.75) is 6.54 Å². The monoisotopic (exact) mass is 340 g/mol. The van der Waals surface area contributed by atoms with Crippen LogP contribution in [0.5, 0.6) is 5.75 Å². The van der Waals surface area contributed by atoms with Gasteiger partial charge in [-0.3, -0.25) is 14.7 Å². The van der Waals surface area contributed by atoms with Gasteiger partial charge < -0.3 is 15.0 Å². The van der Waals surface area contributed by atoms with E-state index in [1.165, 1.54) is 0 Å². The average Bonchev–Trinajstić information content (AvgIpc) is 3.01. The molecule has 2 aromatic rings. The number of carbonyl (C=O) groups is 2. The summed E-state index contributed by atoms with van der Waals surface area (Å²) in [7, 11) is 1.60. The van der Waals surface area contributed by atoms with E-state index < -0.39 is 0 Å². The molecule has 7 nitrogen and oxygen atoms in total. The van der Waals surface area contributed by atoms with Crippen LogP contribution < -0.4 is 15.0 Å². The van der Waals surface area contributed by atoms with E-state index in [-0.39, 0.29) is 18.5 Å². The molecule has 3 rings (SSSR count). The van der Waals surface area contributed by atoms with Crippen LogP contribution in [0.3, 0.4) is 0 Å². The molecule has 2 heterocycles. The Morgan fingerprint density at radius 3 is 2.72 bits per heavy atom. The van der Waals surface area contributed by atoms with Gasteiger partial charge in [0, 0.05) is 37.7 Å². The molecular weight excluding hydrogens is 320 g/mol. The first-order valence-corrected chi connectivity index (χ1v) is 8.03. The summed E-state index contributed by atoms with van der Waals surface area (Å²) >= 11 is 0. The predicted octanol–water partition coefficient (Wildman–Crippen LogP) is 1.65.